The van der Waals surface area contributed by atoms with E-state index < -0.39 is 11.6 Å². The molecule has 1 aromatic heterocycles. The van der Waals surface area contributed by atoms with E-state index in [2.05, 4.69) is 26.1 Å². The van der Waals surface area contributed by atoms with Crippen molar-refractivity contribution in [1.82, 2.24) is 10.1 Å². The topological polar surface area (TPSA) is 48.2 Å². The second kappa shape index (κ2) is 6.10. The molecular weight excluding hydrogens is 322 g/mol. The molecule has 0 radical (unpaired) electrons. The number of hydrogen-bond donors (Lipinski definition) is 0. The summed E-state index contributed by atoms with van der Waals surface area (Å²) in [4.78, 5) is 4.06. The molecule has 1 heterocycles. The van der Waals surface area contributed by atoms with Crippen LogP contribution in [-0.2, 0) is 13.0 Å². The van der Waals surface area contributed by atoms with E-state index in [1.807, 2.05) is 6.92 Å². The Balaban J connectivity index is 2.05. The van der Waals surface area contributed by atoms with Gasteiger partial charge in [-0.15, -0.1) is 0 Å². The minimum Gasteiger partial charge on any atom is -0.482 e. The van der Waals surface area contributed by atoms with Crippen LogP contribution in [0.3, 0.4) is 0 Å². The monoisotopic (exact) mass is 332 g/mol. The number of aromatic nitrogens is 2. The van der Waals surface area contributed by atoms with Gasteiger partial charge in [0, 0.05) is 10.9 Å². The molecule has 7 heteroatoms. The lowest BCUT2D eigenvalue weighted by Crippen LogP contribution is -2.01. The van der Waals surface area contributed by atoms with Crippen molar-refractivity contribution in [3.05, 3.63) is 40.0 Å². The Hall–Kier alpha value is -1.50. The molecule has 0 bridgehead atoms. The normalized spacial score (nSPS) is 10.7. The highest BCUT2D eigenvalue weighted by Crippen LogP contribution is 2.25. The zero-order valence-corrected chi connectivity index (χ0v) is 11.7. The first kappa shape index (κ1) is 13.9. The van der Waals surface area contributed by atoms with Crippen molar-refractivity contribution < 1.29 is 18.0 Å². The summed E-state index contributed by atoms with van der Waals surface area (Å²) in [6.45, 7) is 1.90. The Morgan fingerprint density at radius 3 is 2.89 bits per heavy atom. The second-order valence-electron chi connectivity index (χ2n) is 3.84. The summed E-state index contributed by atoms with van der Waals surface area (Å²) in [5, 5.41) is 3.69. The molecule has 102 valence electrons. The maximum atomic E-state index is 13.4. The number of halogens is 3. The molecular formula is C12H11BrF2N2O2. The lowest BCUT2D eigenvalue weighted by Gasteiger charge is -2.05. The van der Waals surface area contributed by atoms with E-state index in [0.717, 1.165) is 12.5 Å². The van der Waals surface area contributed by atoms with Crippen molar-refractivity contribution in [2.75, 3.05) is 0 Å². The number of hydrogen-bond acceptors (Lipinski definition) is 4. The van der Waals surface area contributed by atoms with Gasteiger partial charge in [0.25, 0.3) is 0 Å². The van der Waals surface area contributed by atoms with Crippen LogP contribution < -0.4 is 4.74 Å². The average Bonchev–Trinajstić information content (AvgIpc) is 2.80. The summed E-state index contributed by atoms with van der Waals surface area (Å²) in [5.74, 6) is -1.43. The highest BCUT2D eigenvalue weighted by molar-refractivity contribution is 9.10. The Labute approximate surface area is 116 Å². The number of rotatable bonds is 5. The van der Waals surface area contributed by atoms with Gasteiger partial charge in [-0.25, -0.2) is 4.39 Å². The summed E-state index contributed by atoms with van der Waals surface area (Å²) in [7, 11) is 0. The molecule has 0 saturated carbocycles. The molecule has 0 aliphatic rings. The summed E-state index contributed by atoms with van der Waals surface area (Å²) in [6, 6.07) is 2.36. The van der Waals surface area contributed by atoms with Crippen molar-refractivity contribution >= 4 is 15.9 Å². The van der Waals surface area contributed by atoms with Crippen molar-refractivity contribution in [2.24, 2.45) is 0 Å². The van der Waals surface area contributed by atoms with Crippen LogP contribution in [0.25, 0.3) is 0 Å². The lowest BCUT2D eigenvalue weighted by atomic mass is 10.3. The molecule has 0 fully saturated rings. The molecule has 0 aliphatic carbocycles. The third kappa shape index (κ3) is 3.50. The molecule has 2 aromatic rings. The van der Waals surface area contributed by atoms with Crippen molar-refractivity contribution in [3.8, 4) is 5.75 Å². The Morgan fingerprint density at radius 2 is 2.16 bits per heavy atom. The Bertz CT molecular complexity index is 575. The van der Waals surface area contributed by atoms with Crippen LogP contribution in [0.4, 0.5) is 8.78 Å². The minimum absolute atomic E-state index is 0.0833. The summed E-state index contributed by atoms with van der Waals surface area (Å²) < 4.78 is 37.0. The smallest absolute Gasteiger partial charge is 0.226 e. The van der Waals surface area contributed by atoms with E-state index in [1.165, 1.54) is 6.07 Å². The molecule has 1 aromatic carbocycles. The number of nitrogens with zero attached hydrogens (tertiary/aromatic N) is 2. The molecule has 0 atom stereocenters. The van der Waals surface area contributed by atoms with Gasteiger partial charge in [-0.2, -0.15) is 9.37 Å². The molecule has 2 rings (SSSR count). The van der Waals surface area contributed by atoms with Crippen molar-refractivity contribution in [1.29, 1.82) is 0 Å². The number of benzene rings is 1. The van der Waals surface area contributed by atoms with Gasteiger partial charge in [-0.1, -0.05) is 28.0 Å². The first-order valence-electron chi connectivity index (χ1n) is 5.69. The van der Waals surface area contributed by atoms with Crippen LogP contribution in [0.2, 0.25) is 0 Å². The molecule has 0 spiro atoms. The number of aryl methyl sites for hydroxylation is 1. The second-order valence-corrected chi connectivity index (χ2v) is 4.76. The summed E-state index contributed by atoms with van der Waals surface area (Å²) in [6.07, 6.45) is 1.56. The molecule has 0 amide bonds. The van der Waals surface area contributed by atoms with E-state index in [0.29, 0.717) is 22.6 Å². The fraction of sp³-hybridized carbons (Fsp3) is 0.333. The average molecular weight is 333 g/mol. The predicted molar refractivity (Wildman–Crippen MR) is 66.7 cm³/mol. The molecule has 19 heavy (non-hydrogen) atoms. The Morgan fingerprint density at radius 1 is 1.37 bits per heavy atom. The quantitative estimate of drug-likeness (QED) is 0.784. The molecule has 4 nitrogen and oxygen atoms in total. The van der Waals surface area contributed by atoms with Crippen molar-refractivity contribution in [3.63, 3.8) is 0 Å². The van der Waals surface area contributed by atoms with Crippen LogP contribution in [0.15, 0.2) is 21.1 Å². The number of ether oxygens (including phenoxy) is 1. The van der Waals surface area contributed by atoms with E-state index in [9.17, 15) is 8.78 Å². The first-order chi connectivity index (χ1) is 9.10. The zero-order valence-electron chi connectivity index (χ0n) is 10.1. The van der Waals surface area contributed by atoms with Crippen molar-refractivity contribution in [2.45, 2.75) is 26.4 Å². The van der Waals surface area contributed by atoms with Gasteiger partial charge in [-0.05, 0) is 18.6 Å². The largest absolute Gasteiger partial charge is 0.482 e. The van der Waals surface area contributed by atoms with E-state index in [4.69, 9.17) is 9.26 Å². The predicted octanol–water partition coefficient (Wildman–Crippen LogP) is 3.64. The van der Waals surface area contributed by atoms with Gasteiger partial charge in [0.1, 0.15) is 0 Å². The molecule has 0 aliphatic heterocycles. The lowest BCUT2D eigenvalue weighted by molar-refractivity contribution is 0.268. The first-order valence-corrected chi connectivity index (χ1v) is 6.48. The van der Waals surface area contributed by atoms with E-state index in [-0.39, 0.29) is 12.4 Å². The van der Waals surface area contributed by atoms with E-state index in [1.54, 1.807) is 0 Å². The summed E-state index contributed by atoms with van der Waals surface area (Å²) >= 11 is 3.06. The maximum Gasteiger partial charge on any atom is 0.226 e. The van der Waals surface area contributed by atoms with Gasteiger partial charge >= 0.3 is 0 Å². The third-order valence-electron chi connectivity index (χ3n) is 2.29. The van der Waals surface area contributed by atoms with E-state index >= 15 is 0 Å². The van der Waals surface area contributed by atoms with Gasteiger partial charge in [0.2, 0.25) is 17.5 Å². The van der Waals surface area contributed by atoms with Crippen LogP contribution in [0.1, 0.15) is 25.1 Å². The standard InChI is InChI=1S/C12H11BrF2N2O2/c1-2-3-11-16-10(17-19-11)6-18-9-5-7(13)4-8(14)12(9)15/h4-5H,2-3,6H2,1H3. The van der Waals surface area contributed by atoms with Gasteiger partial charge < -0.3 is 9.26 Å². The van der Waals surface area contributed by atoms with Crippen LogP contribution in [0, 0.1) is 11.6 Å². The highest BCUT2D eigenvalue weighted by Gasteiger charge is 2.13. The molecule has 0 N–H and O–H groups in total. The van der Waals surface area contributed by atoms with Gasteiger partial charge in [0.05, 0.1) is 0 Å². The van der Waals surface area contributed by atoms with Crippen LogP contribution in [0.5, 0.6) is 5.75 Å². The summed E-state index contributed by atoms with van der Waals surface area (Å²) in [5.41, 5.74) is 0. The fourth-order valence-electron chi connectivity index (χ4n) is 1.44. The van der Waals surface area contributed by atoms with Gasteiger partial charge in [0.15, 0.2) is 18.2 Å². The minimum atomic E-state index is -1.04. The van der Waals surface area contributed by atoms with Gasteiger partial charge in [-0.3, -0.25) is 0 Å². The van der Waals surface area contributed by atoms with Crippen LogP contribution in [-0.4, -0.2) is 10.1 Å². The fourth-order valence-corrected chi connectivity index (χ4v) is 1.85. The maximum absolute atomic E-state index is 13.4. The SMILES string of the molecule is CCCc1nc(COc2cc(Br)cc(F)c2F)no1. The Kier molecular flexibility index (Phi) is 4.47. The highest BCUT2D eigenvalue weighted by atomic mass is 79.9. The third-order valence-corrected chi connectivity index (χ3v) is 2.75. The van der Waals surface area contributed by atoms with Crippen LogP contribution >= 0.6 is 15.9 Å². The molecule has 0 unspecified atom stereocenters. The zero-order chi connectivity index (χ0) is 13.8. The molecule has 0 saturated heterocycles.